The number of carbonyl (C=O) groups excluding carboxylic acids is 1. The average molecular weight is 523 g/mol. The first-order valence-electron chi connectivity index (χ1n) is 12.5. The molecule has 1 aliphatic rings. The molecule has 4 rings (SSSR count). The van der Waals surface area contributed by atoms with Crippen molar-refractivity contribution < 1.29 is 22.7 Å². The number of rotatable bonds is 9. The third-order valence-corrected chi connectivity index (χ3v) is 8.66. The van der Waals surface area contributed by atoms with E-state index < -0.39 is 22.0 Å². The molecule has 8 heteroatoms. The Hall–Kier alpha value is -3.20. The molecule has 0 aliphatic carbocycles. The highest BCUT2D eigenvalue weighted by atomic mass is 32.2. The van der Waals surface area contributed by atoms with E-state index in [4.69, 9.17) is 9.47 Å². The molecule has 1 aliphatic heterocycles. The first-order valence-corrected chi connectivity index (χ1v) is 13.9. The van der Waals surface area contributed by atoms with Crippen molar-refractivity contribution >= 4 is 16.0 Å². The molecular weight excluding hydrogens is 488 g/mol. The number of sulfonamides is 1. The second kappa shape index (κ2) is 11.9. The Balaban J connectivity index is 1.44. The van der Waals surface area contributed by atoms with Crippen molar-refractivity contribution in [3.05, 3.63) is 84.4 Å². The maximum atomic E-state index is 13.2. The molecule has 1 N–H and O–H groups in total. The molecule has 3 aromatic rings. The Bertz CT molecular complexity index is 1270. The highest BCUT2D eigenvalue weighted by Gasteiger charge is 2.36. The van der Waals surface area contributed by atoms with Crippen molar-refractivity contribution in [3.63, 3.8) is 0 Å². The van der Waals surface area contributed by atoms with Gasteiger partial charge in [0.2, 0.25) is 10.0 Å². The quantitative estimate of drug-likeness (QED) is 0.412. The van der Waals surface area contributed by atoms with Crippen LogP contribution in [-0.2, 0) is 19.6 Å². The normalized spacial score (nSPS) is 16.6. The molecule has 1 fully saturated rings. The lowest BCUT2D eigenvalue weighted by atomic mass is 9.89. The fraction of sp³-hybridized carbons (Fsp3) is 0.345. The molecule has 1 heterocycles. The summed E-state index contributed by atoms with van der Waals surface area (Å²) >= 11 is 0. The van der Waals surface area contributed by atoms with Crippen molar-refractivity contribution in [2.24, 2.45) is 5.92 Å². The van der Waals surface area contributed by atoms with E-state index in [-0.39, 0.29) is 16.9 Å². The van der Waals surface area contributed by atoms with Gasteiger partial charge in [0.05, 0.1) is 19.1 Å². The molecule has 7 nitrogen and oxygen atoms in total. The third-order valence-electron chi connectivity index (χ3n) is 7.20. The number of ether oxygens (including phenoxy) is 2. The number of likely N-dealkylation sites (tertiary alicyclic amines) is 1. The summed E-state index contributed by atoms with van der Waals surface area (Å²) in [5, 5.41) is 0. The summed E-state index contributed by atoms with van der Waals surface area (Å²) in [6.45, 7) is 3.71. The molecule has 0 saturated carbocycles. The summed E-state index contributed by atoms with van der Waals surface area (Å²) in [7, 11) is -1.03. The molecule has 2 atom stereocenters. The predicted molar refractivity (Wildman–Crippen MR) is 144 cm³/mol. The van der Waals surface area contributed by atoms with Crippen LogP contribution >= 0.6 is 0 Å². The third kappa shape index (κ3) is 6.39. The minimum atomic E-state index is -3.93. The van der Waals surface area contributed by atoms with E-state index in [9.17, 15) is 13.2 Å². The summed E-state index contributed by atoms with van der Waals surface area (Å²) in [4.78, 5) is 15.1. The largest absolute Gasteiger partial charge is 0.497 e. The Kier molecular flexibility index (Phi) is 8.63. The van der Waals surface area contributed by atoms with Crippen LogP contribution in [0.4, 0.5) is 0 Å². The molecule has 1 saturated heterocycles. The highest BCUT2D eigenvalue weighted by molar-refractivity contribution is 7.89. The van der Waals surface area contributed by atoms with E-state index >= 15 is 0 Å². The zero-order valence-electron chi connectivity index (χ0n) is 21.5. The summed E-state index contributed by atoms with van der Waals surface area (Å²) in [5.41, 5.74) is 3.07. The van der Waals surface area contributed by atoms with Crippen LogP contribution in [0, 0.1) is 5.92 Å². The minimum Gasteiger partial charge on any atom is -0.497 e. The number of hydrogen-bond donors (Lipinski definition) is 1. The number of hydrogen-bond acceptors (Lipinski definition) is 6. The van der Waals surface area contributed by atoms with E-state index in [0.29, 0.717) is 12.8 Å². The van der Waals surface area contributed by atoms with E-state index in [1.54, 1.807) is 31.4 Å². The minimum absolute atomic E-state index is 0.105. The summed E-state index contributed by atoms with van der Waals surface area (Å²) in [6, 6.07) is 23.8. The van der Waals surface area contributed by atoms with Gasteiger partial charge in [-0.25, -0.2) is 8.42 Å². The summed E-state index contributed by atoms with van der Waals surface area (Å²) in [6.07, 6.45) is 1.38. The van der Waals surface area contributed by atoms with Crippen molar-refractivity contribution in [1.29, 1.82) is 0 Å². The number of esters is 1. The van der Waals surface area contributed by atoms with E-state index in [0.717, 1.165) is 30.0 Å². The second-order valence-electron chi connectivity index (χ2n) is 9.34. The predicted octanol–water partition coefficient (Wildman–Crippen LogP) is 4.66. The lowest BCUT2D eigenvalue weighted by Crippen LogP contribution is -2.50. The topological polar surface area (TPSA) is 84.9 Å². The van der Waals surface area contributed by atoms with Gasteiger partial charge in [-0.15, -0.1) is 0 Å². The van der Waals surface area contributed by atoms with Crippen LogP contribution in [-0.4, -0.2) is 52.6 Å². The maximum absolute atomic E-state index is 13.2. The van der Waals surface area contributed by atoms with Crippen molar-refractivity contribution in [2.45, 2.75) is 36.7 Å². The van der Waals surface area contributed by atoms with Crippen LogP contribution < -0.4 is 9.46 Å². The average Bonchev–Trinajstić information content (AvgIpc) is 2.96. The Morgan fingerprint density at radius 1 is 0.892 bits per heavy atom. The number of nitrogens with zero attached hydrogens (tertiary/aromatic N) is 1. The van der Waals surface area contributed by atoms with Gasteiger partial charge in [-0.3, -0.25) is 9.69 Å². The Labute approximate surface area is 219 Å². The van der Waals surface area contributed by atoms with Gasteiger partial charge in [-0.1, -0.05) is 54.6 Å². The molecule has 196 valence electrons. The van der Waals surface area contributed by atoms with Gasteiger partial charge in [0, 0.05) is 6.04 Å². The van der Waals surface area contributed by atoms with E-state index in [2.05, 4.69) is 28.7 Å². The number of carbonyl (C=O) groups is 1. The number of nitrogens with one attached hydrogen (secondary N) is 1. The molecule has 0 bridgehead atoms. The first kappa shape index (κ1) is 26.9. The van der Waals surface area contributed by atoms with Crippen LogP contribution in [0.2, 0.25) is 0 Å². The fourth-order valence-corrected chi connectivity index (χ4v) is 6.14. The Morgan fingerprint density at radius 3 is 2.00 bits per heavy atom. The summed E-state index contributed by atoms with van der Waals surface area (Å²) < 4.78 is 39.3. The number of piperidine rings is 1. The van der Waals surface area contributed by atoms with Gasteiger partial charge in [0.25, 0.3) is 0 Å². The van der Waals surface area contributed by atoms with Crippen molar-refractivity contribution in [1.82, 2.24) is 9.62 Å². The van der Waals surface area contributed by atoms with Gasteiger partial charge < -0.3 is 9.47 Å². The zero-order chi connectivity index (χ0) is 26.4. The molecule has 0 amide bonds. The molecule has 37 heavy (non-hydrogen) atoms. The van der Waals surface area contributed by atoms with Crippen LogP contribution in [0.25, 0.3) is 11.1 Å². The second-order valence-corrected chi connectivity index (χ2v) is 11.0. The van der Waals surface area contributed by atoms with E-state index in [1.807, 2.05) is 42.5 Å². The lowest BCUT2D eigenvalue weighted by molar-refractivity contribution is -0.144. The Morgan fingerprint density at radius 2 is 1.46 bits per heavy atom. The van der Waals surface area contributed by atoms with Crippen LogP contribution in [0.5, 0.6) is 5.75 Å². The summed E-state index contributed by atoms with van der Waals surface area (Å²) in [5.74, 6) is 0.0364. The number of methoxy groups -OCH3 is 2. The fourth-order valence-electron chi connectivity index (χ4n) is 4.89. The smallest absolute Gasteiger partial charge is 0.324 e. The molecule has 0 aromatic heterocycles. The van der Waals surface area contributed by atoms with E-state index in [1.165, 1.54) is 12.7 Å². The first-order chi connectivity index (χ1) is 17.8. The maximum Gasteiger partial charge on any atom is 0.324 e. The van der Waals surface area contributed by atoms with Gasteiger partial charge >= 0.3 is 5.97 Å². The van der Waals surface area contributed by atoms with Gasteiger partial charge in [-0.05, 0) is 79.7 Å². The monoisotopic (exact) mass is 522 g/mol. The highest BCUT2D eigenvalue weighted by Crippen LogP contribution is 2.29. The van der Waals surface area contributed by atoms with Gasteiger partial charge in [0.1, 0.15) is 11.8 Å². The SMILES string of the molecule is COC(=O)C(NS(=O)(=O)c1ccc(-c2ccc(OC)cc2)cc1)C1CCN(C(C)c2ccccc2)CC1. The molecule has 0 spiro atoms. The lowest BCUT2D eigenvalue weighted by Gasteiger charge is -2.38. The molecule has 3 aromatic carbocycles. The van der Waals surface area contributed by atoms with Crippen LogP contribution in [0.1, 0.15) is 31.4 Å². The molecule has 0 radical (unpaired) electrons. The van der Waals surface area contributed by atoms with Gasteiger partial charge in [0.15, 0.2) is 0 Å². The molecular formula is C29H34N2O5S. The standard InChI is InChI=1S/C29H34N2O5S/c1-21(22-7-5-4-6-8-22)31-19-17-25(18-20-31)28(29(32)36-3)30-37(33,34)27-15-11-24(12-16-27)23-9-13-26(35-2)14-10-23/h4-16,21,25,28,30H,17-20H2,1-3H3. The van der Waals surface area contributed by atoms with Gasteiger partial charge in [-0.2, -0.15) is 4.72 Å². The van der Waals surface area contributed by atoms with Crippen LogP contribution in [0.3, 0.4) is 0 Å². The van der Waals surface area contributed by atoms with Crippen LogP contribution in [0.15, 0.2) is 83.8 Å². The number of benzene rings is 3. The molecule has 2 unspecified atom stereocenters. The van der Waals surface area contributed by atoms with Crippen molar-refractivity contribution in [3.8, 4) is 16.9 Å². The zero-order valence-corrected chi connectivity index (χ0v) is 22.3. The van der Waals surface area contributed by atoms with Crippen molar-refractivity contribution in [2.75, 3.05) is 27.3 Å².